The van der Waals surface area contributed by atoms with E-state index in [1.54, 1.807) is 11.1 Å². The Balaban J connectivity index is 2.14. The number of carbonyl (C=O) groups excluding carboxylic acids is 1. The fraction of sp³-hybridized carbons (Fsp3) is 0.188. The Hall–Kier alpha value is -2.69. The number of carboxylic acid groups (broad SMARTS) is 1. The Bertz CT molecular complexity index is 624. The third-order valence-corrected chi connectivity index (χ3v) is 3.13. The van der Waals surface area contributed by atoms with Gasteiger partial charge in [-0.25, -0.2) is 4.79 Å². The van der Waals surface area contributed by atoms with E-state index in [0.29, 0.717) is 18.7 Å². The van der Waals surface area contributed by atoms with E-state index in [1.165, 1.54) is 24.3 Å². The lowest BCUT2D eigenvalue weighted by atomic mass is 10.1. The Morgan fingerprint density at radius 2 is 1.76 bits per heavy atom. The van der Waals surface area contributed by atoms with E-state index in [4.69, 9.17) is 5.11 Å². The second-order valence-corrected chi connectivity index (χ2v) is 4.52. The molecule has 0 unspecified atom stereocenters. The molecule has 1 aromatic carbocycles. The summed E-state index contributed by atoms with van der Waals surface area (Å²) >= 11 is 0. The molecule has 1 amide bonds. The van der Waals surface area contributed by atoms with Crippen LogP contribution in [0.15, 0.2) is 48.7 Å². The summed E-state index contributed by atoms with van der Waals surface area (Å²) in [5, 5.41) is 8.86. The predicted molar refractivity (Wildman–Crippen MR) is 78.1 cm³/mol. The highest BCUT2D eigenvalue weighted by atomic mass is 16.4. The highest BCUT2D eigenvalue weighted by Gasteiger charge is 2.15. The highest BCUT2D eigenvalue weighted by Crippen LogP contribution is 2.10. The molecule has 1 heterocycles. The fourth-order valence-corrected chi connectivity index (χ4v) is 1.95. The van der Waals surface area contributed by atoms with Crippen LogP contribution in [0.1, 0.15) is 33.3 Å². The zero-order chi connectivity index (χ0) is 15.2. The van der Waals surface area contributed by atoms with Gasteiger partial charge in [-0.05, 0) is 43.3 Å². The van der Waals surface area contributed by atoms with E-state index in [2.05, 4.69) is 4.98 Å². The standard InChI is InChI=1S/C16H16N2O3/c1-2-18(11-14-5-3-4-10-17-14)15(19)12-6-8-13(9-7-12)16(20)21/h3-10H,2,11H2,1H3,(H,20,21). The molecule has 0 bridgehead atoms. The van der Waals surface area contributed by atoms with E-state index in [0.717, 1.165) is 5.69 Å². The average Bonchev–Trinajstić information content (AvgIpc) is 2.53. The second-order valence-electron chi connectivity index (χ2n) is 4.52. The normalized spacial score (nSPS) is 10.1. The van der Waals surface area contributed by atoms with Crippen LogP contribution in [0.4, 0.5) is 0 Å². The van der Waals surface area contributed by atoms with Gasteiger partial charge in [-0.3, -0.25) is 9.78 Å². The third-order valence-electron chi connectivity index (χ3n) is 3.13. The summed E-state index contributed by atoms with van der Waals surface area (Å²) in [4.78, 5) is 29.1. The van der Waals surface area contributed by atoms with Crippen LogP contribution in [-0.4, -0.2) is 33.4 Å². The van der Waals surface area contributed by atoms with Crippen molar-refractivity contribution in [3.05, 3.63) is 65.5 Å². The molecule has 21 heavy (non-hydrogen) atoms. The zero-order valence-electron chi connectivity index (χ0n) is 11.7. The molecule has 2 rings (SSSR count). The number of hydrogen-bond acceptors (Lipinski definition) is 3. The largest absolute Gasteiger partial charge is 0.478 e. The Morgan fingerprint density at radius 1 is 1.10 bits per heavy atom. The molecule has 0 fully saturated rings. The van der Waals surface area contributed by atoms with E-state index in [-0.39, 0.29) is 11.5 Å². The van der Waals surface area contributed by atoms with E-state index in [9.17, 15) is 9.59 Å². The summed E-state index contributed by atoms with van der Waals surface area (Å²) in [7, 11) is 0. The monoisotopic (exact) mass is 284 g/mol. The van der Waals surface area contributed by atoms with Crippen molar-refractivity contribution in [3.8, 4) is 0 Å². The topological polar surface area (TPSA) is 70.5 Å². The van der Waals surface area contributed by atoms with Gasteiger partial charge in [-0.1, -0.05) is 6.07 Å². The van der Waals surface area contributed by atoms with Gasteiger partial charge in [-0.15, -0.1) is 0 Å². The lowest BCUT2D eigenvalue weighted by Gasteiger charge is -2.20. The molecule has 5 heteroatoms. The number of rotatable bonds is 5. The number of carbonyl (C=O) groups is 2. The summed E-state index contributed by atoms with van der Waals surface area (Å²) < 4.78 is 0. The number of aromatic nitrogens is 1. The molecule has 1 N–H and O–H groups in total. The van der Waals surface area contributed by atoms with Gasteiger partial charge >= 0.3 is 5.97 Å². The maximum absolute atomic E-state index is 12.4. The van der Waals surface area contributed by atoms with Crippen molar-refractivity contribution in [2.45, 2.75) is 13.5 Å². The summed E-state index contributed by atoms with van der Waals surface area (Å²) in [6.45, 7) is 2.87. The highest BCUT2D eigenvalue weighted by molar-refractivity contribution is 5.95. The number of pyridine rings is 1. The first-order valence-electron chi connectivity index (χ1n) is 6.64. The van der Waals surface area contributed by atoms with E-state index < -0.39 is 5.97 Å². The molecule has 1 aromatic heterocycles. The Labute approximate surface area is 122 Å². The number of hydrogen-bond donors (Lipinski definition) is 1. The lowest BCUT2D eigenvalue weighted by Crippen LogP contribution is -2.30. The third kappa shape index (κ3) is 3.66. The van der Waals surface area contributed by atoms with Crippen molar-refractivity contribution in [2.75, 3.05) is 6.54 Å². The summed E-state index contributed by atoms with van der Waals surface area (Å²) in [5.74, 6) is -1.14. The van der Waals surface area contributed by atoms with Gasteiger partial charge < -0.3 is 10.0 Å². The quantitative estimate of drug-likeness (QED) is 0.915. The predicted octanol–water partition coefficient (Wildman–Crippen LogP) is 2.44. The van der Waals surface area contributed by atoms with Crippen molar-refractivity contribution < 1.29 is 14.7 Å². The molecule has 0 spiro atoms. The second kappa shape index (κ2) is 6.65. The van der Waals surface area contributed by atoms with Gasteiger partial charge in [0.1, 0.15) is 0 Å². The lowest BCUT2D eigenvalue weighted by molar-refractivity contribution is 0.0693. The maximum atomic E-state index is 12.4. The van der Waals surface area contributed by atoms with Crippen molar-refractivity contribution in [1.82, 2.24) is 9.88 Å². The minimum atomic E-state index is -1.00. The van der Waals surface area contributed by atoms with Crippen molar-refractivity contribution >= 4 is 11.9 Å². The smallest absolute Gasteiger partial charge is 0.335 e. The molecule has 0 saturated carbocycles. The number of nitrogens with zero attached hydrogens (tertiary/aromatic N) is 2. The van der Waals surface area contributed by atoms with Crippen molar-refractivity contribution in [3.63, 3.8) is 0 Å². The van der Waals surface area contributed by atoms with Gasteiger partial charge in [0.15, 0.2) is 0 Å². The number of carboxylic acids is 1. The van der Waals surface area contributed by atoms with Crippen LogP contribution >= 0.6 is 0 Å². The van der Waals surface area contributed by atoms with Crippen LogP contribution < -0.4 is 0 Å². The Morgan fingerprint density at radius 3 is 2.29 bits per heavy atom. The number of aromatic carboxylic acids is 1. The average molecular weight is 284 g/mol. The molecule has 5 nitrogen and oxygen atoms in total. The van der Waals surface area contributed by atoms with Gasteiger partial charge in [0.05, 0.1) is 17.8 Å². The maximum Gasteiger partial charge on any atom is 0.335 e. The van der Waals surface area contributed by atoms with Gasteiger partial charge in [-0.2, -0.15) is 0 Å². The van der Waals surface area contributed by atoms with Crippen LogP contribution in [0.3, 0.4) is 0 Å². The van der Waals surface area contributed by atoms with Gasteiger partial charge in [0, 0.05) is 18.3 Å². The SMILES string of the molecule is CCN(Cc1ccccn1)C(=O)c1ccc(C(=O)O)cc1. The number of amides is 1. The van der Waals surface area contributed by atoms with Crippen LogP contribution in [0.25, 0.3) is 0 Å². The first kappa shape index (κ1) is 14.7. The molecule has 0 radical (unpaired) electrons. The van der Waals surface area contributed by atoms with Crippen LogP contribution in [0, 0.1) is 0 Å². The fourth-order valence-electron chi connectivity index (χ4n) is 1.95. The van der Waals surface area contributed by atoms with E-state index in [1.807, 2.05) is 25.1 Å². The van der Waals surface area contributed by atoms with Crippen LogP contribution in [0.2, 0.25) is 0 Å². The first-order valence-corrected chi connectivity index (χ1v) is 6.64. The summed E-state index contributed by atoms with van der Waals surface area (Å²) in [6, 6.07) is 11.5. The van der Waals surface area contributed by atoms with Crippen molar-refractivity contribution in [2.24, 2.45) is 0 Å². The molecule has 108 valence electrons. The zero-order valence-corrected chi connectivity index (χ0v) is 11.7. The van der Waals surface area contributed by atoms with Crippen molar-refractivity contribution in [1.29, 1.82) is 0 Å². The van der Waals surface area contributed by atoms with Gasteiger partial charge in [0.2, 0.25) is 0 Å². The van der Waals surface area contributed by atoms with Crippen LogP contribution in [-0.2, 0) is 6.54 Å². The molecule has 0 aliphatic carbocycles. The molecule has 0 aliphatic rings. The molecule has 0 atom stereocenters. The van der Waals surface area contributed by atoms with Gasteiger partial charge in [0.25, 0.3) is 5.91 Å². The summed E-state index contributed by atoms with van der Waals surface area (Å²) in [5.41, 5.74) is 1.45. The van der Waals surface area contributed by atoms with Crippen LogP contribution in [0.5, 0.6) is 0 Å². The molecule has 2 aromatic rings. The Kier molecular flexibility index (Phi) is 4.66. The summed E-state index contributed by atoms with van der Waals surface area (Å²) in [6.07, 6.45) is 1.69. The van der Waals surface area contributed by atoms with E-state index >= 15 is 0 Å². The number of benzene rings is 1. The molecule has 0 saturated heterocycles. The molecular weight excluding hydrogens is 268 g/mol. The first-order chi connectivity index (χ1) is 10.1. The minimum Gasteiger partial charge on any atom is -0.478 e. The minimum absolute atomic E-state index is 0.139. The molecule has 0 aliphatic heterocycles. The molecular formula is C16H16N2O3.